The molecule has 76 valence electrons. The van der Waals surface area contributed by atoms with Crippen LogP contribution in [0.4, 0.5) is 10.2 Å². The van der Waals surface area contributed by atoms with E-state index in [-0.39, 0.29) is 5.82 Å². The Hall–Kier alpha value is -1.12. The van der Waals surface area contributed by atoms with Gasteiger partial charge in [-0.2, -0.15) is 0 Å². The highest BCUT2D eigenvalue weighted by atomic mass is 19.1. The fourth-order valence-electron chi connectivity index (χ4n) is 1.92. The minimum Gasteiger partial charge on any atom is -0.367 e. The van der Waals surface area contributed by atoms with Gasteiger partial charge < -0.3 is 5.32 Å². The standard InChI is InChI=1S/C11H15FN2/c12-9-6-7-11(13-8-9)14-10-4-2-1-3-5-10/h6-8,10H,1-5H2,(H,13,14). The highest BCUT2D eigenvalue weighted by Gasteiger charge is 2.12. The summed E-state index contributed by atoms with van der Waals surface area (Å²) in [6.45, 7) is 0. The van der Waals surface area contributed by atoms with Gasteiger partial charge in [0, 0.05) is 6.04 Å². The van der Waals surface area contributed by atoms with Crippen molar-refractivity contribution in [2.75, 3.05) is 5.32 Å². The number of aromatic nitrogens is 1. The van der Waals surface area contributed by atoms with Crippen LogP contribution in [0.25, 0.3) is 0 Å². The summed E-state index contributed by atoms with van der Waals surface area (Å²) in [7, 11) is 0. The molecule has 0 unspecified atom stereocenters. The molecule has 0 aromatic carbocycles. The molecule has 0 spiro atoms. The Balaban J connectivity index is 1.92. The second-order valence-electron chi connectivity index (χ2n) is 3.84. The number of hydrogen-bond donors (Lipinski definition) is 1. The monoisotopic (exact) mass is 194 g/mol. The van der Waals surface area contributed by atoms with Crippen molar-refractivity contribution in [1.29, 1.82) is 0 Å². The summed E-state index contributed by atoms with van der Waals surface area (Å²) in [4.78, 5) is 3.99. The molecule has 0 amide bonds. The van der Waals surface area contributed by atoms with Crippen LogP contribution in [0.1, 0.15) is 32.1 Å². The third-order valence-corrected chi connectivity index (χ3v) is 2.68. The molecule has 1 aliphatic rings. The Kier molecular flexibility index (Phi) is 2.96. The van der Waals surface area contributed by atoms with E-state index in [1.165, 1.54) is 44.4 Å². The van der Waals surface area contributed by atoms with E-state index in [1.807, 2.05) is 0 Å². The highest BCUT2D eigenvalue weighted by Crippen LogP contribution is 2.20. The molecule has 1 aliphatic carbocycles. The van der Waals surface area contributed by atoms with Gasteiger partial charge >= 0.3 is 0 Å². The third kappa shape index (κ3) is 2.44. The Bertz CT molecular complexity index is 278. The van der Waals surface area contributed by atoms with Crippen molar-refractivity contribution in [3.8, 4) is 0 Å². The summed E-state index contributed by atoms with van der Waals surface area (Å²) >= 11 is 0. The van der Waals surface area contributed by atoms with Crippen molar-refractivity contribution in [2.45, 2.75) is 38.1 Å². The summed E-state index contributed by atoms with van der Waals surface area (Å²) in [5.74, 6) is 0.512. The first-order valence-corrected chi connectivity index (χ1v) is 5.23. The minimum atomic E-state index is -0.279. The zero-order valence-electron chi connectivity index (χ0n) is 8.17. The van der Waals surface area contributed by atoms with Gasteiger partial charge in [-0.25, -0.2) is 9.37 Å². The molecule has 1 aromatic heterocycles. The number of nitrogens with one attached hydrogen (secondary N) is 1. The van der Waals surface area contributed by atoms with Gasteiger partial charge in [0.2, 0.25) is 0 Å². The number of anilines is 1. The van der Waals surface area contributed by atoms with E-state index < -0.39 is 0 Å². The third-order valence-electron chi connectivity index (χ3n) is 2.68. The van der Waals surface area contributed by atoms with Gasteiger partial charge in [0.15, 0.2) is 0 Å². The molecule has 2 rings (SSSR count). The Labute approximate surface area is 83.6 Å². The van der Waals surface area contributed by atoms with Crippen LogP contribution in [0.2, 0.25) is 0 Å². The molecule has 3 heteroatoms. The van der Waals surface area contributed by atoms with E-state index in [0.717, 1.165) is 5.82 Å². The fraction of sp³-hybridized carbons (Fsp3) is 0.545. The number of halogens is 1. The van der Waals surface area contributed by atoms with Crippen molar-refractivity contribution in [1.82, 2.24) is 4.98 Å². The minimum absolute atomic E-state index is 0.279. The maximum atomic E-state index is 12.6. The lowest BCUT2D eigenvalue weighted by Gasteiger charge is -2.23. The quantitative estimate of drug-likeness (QED) is 0.782. The predicted octanol–water partition coefficient (Wildman–Crippen LogP) is 2.97. The van der Waals surface area contributed by atoms with Gasteiger partial charge in [-0.05, 0) is 25.0 Å². The van der Waals surface area contributed by atoms with Gasteiger partial charge in [0.05, 0.1) is 6.20 Å². The van der Waals surface area contributed by atoms with Gasteiger partial charge in [-0.15, -0.1) is 0 Å². The Morgan fingerprint density at radius 1 is 1.21 bits per heavy atom. The summed E-state index contributed by atoms with van der Waals surface area (Å²) in [5.41, 5.74) is 0. The summed E-state index contributed by atoms with van der Waals surface area (Å²) in [5, 5.41) is 3.33. The zero-order valence-corrected chi connectivity index (χ0v) is 8.17. The molecule has 0 saturated heterocycles. The van der Waals surface area contributed by atoms with Crippen LogP contribution in [-0.2, 0) is 0 Å². The van der Waals surface area contributed by atoms with E-state index in [2.05, 4.69) is 10.3 Å². The molecule has 2 nitrogen and oxygen atoms in total. The molecule has 1 saturated carbocycles. The molecule has 1 heterocycles. The second-order valence-corrected chi connectivity index (χ2v) is 3.84. The van der Waals surface area contributed by atoms with Gasteiger partial charge in [-0.3, -0.25) is 0 Å². The number of pyridine rings is 1. The molecule has 0 atom stereocenters. The predicted molar refractivity (Wildman–Crippen MR) is 54.7 cm³/mol. The fourth-order valence-corrected chi connectivity index (χ4v) is 1.92. The number of hydrogen-bond acceptors (Lipinski definition) is 2. The van der Waals surface area contributed by atoms with Crippen LogP contribution in [-0.4, -0.2) is 11.0 Å². The summed E-state index contributed by atoms with van der Waals surface area (Å²) in [6, 6.07) is 3.67. The number of rotatable bonds is 2. The van der Waals surface area contributed by atoms with Crippen LogP contribution in [0.3, 0.4) is 0 Å². The van der Waals surface area contributed by atoms with E-state index >= 15 is 0 Å². The van der Waals surface area contributed by atoms with Crippen molar-refractivity contribution in [3.05, 3.63) is 24.1 Å². The van der Waals surface area contributed by atoms with Crippen LogP contribution < -0.4 is 5.32 Å². The van der Waals surface area contributed by atoms with Gasteiger partial charge in [0.1, 0.15) is 11.6 Å². The zero-order chi connectivity index (χ0) is 9.80. The van der Waals surface area contributed by atoms with Crippen LogP contribution >= 0.6 is 0 Å². The lowest BCUT2D eigenvalue weighted by Crippen LogP contribution is -2.22. The van der Waals surface area contributed by atoms with Crippen molar-refractivity contribution < 1.29 is 4.39 Å². The van der Waals surface area contributed by atoms with Crippen LogP contribution in [0.15, 0.2) is 18.3 Å². The average Bonchev–Trinajstić information content (AvgIpc) is 2.23. The van der Waals surface area contributed by atoms with Crippen molar-refractivity contribution in [2.24, 2.45) is 0 Å². The number of nitrogens with zero attached hydrogens (tertiary/aromatic N) is 1. The Morgan fingerprint density at radius 2 is 2.00 bits per heavy atom. The van der Waals surface area contributed by atoms with Crippen molar-refractivity contribution >= 4 is 5.82 Å². The molecule has 14 heavy (non-hydrogen) atoms. The van der Waals surface area contributed by atoms with Crippen LogP contribution in [0, 0.1) is 5.82 Å². The summed E-state index contributed by atoms with van der Waals surface area (Å²) in [6.07, 6.45) is 7.59. The van der Waals surface area contributed by atoms with E-state index in [1.54, 1.807) is 6.07 Å². The lowest BCUT2D eigenvalue weighted by atomic mass is 9.95. The molecular formula is C11H15FN2. The maximum absolute atomic E-state index is 12.6. The van der Waals surface area contributed by atoms with E-state index in [9.17, 15) is 4.39 Å². The highest BCUT2D eigenvalue weighted by molar-refractivity contribution is 5.34. The maximum Gasteiger partial charge on any atom is 0.141 e. The molecule has 0 radical (unpaired) electrons. The first kappa shape index (κ1) is 9.44. The van der Waals surface area contributed by atoms with E-state index in [0.29, 0.717) is 6.04 Å². The second kappa shape index (κ2) is 4.40. The molecule has 1 N–H and O–H groups in total. The molecular weight excluding hydrogens is 179 g/mol. The Morgan fingerprint density at radius 3 is 2.64 bits per heavy atom. The van der Waals surface area contributed by atoms with Gasteiger partial charge in [0.25, 0.3) is 0 Å². The van der Waals surface area contributed by atoms with E-state index in [4.69, 9.17) is 0 Å². The SMILES string of the molecule is Fc1ccc(NC2CCCCC2)nc1. The normalized spacial score (nSPS) is 18.1. The smallest absolute Gasteiger partial charge is 0.141 e. The largest absolute Gasteiger partial charge is 0.367 e. The topological polar surface area (TPSA) is 24.9 Å². The van der Waals surface area contributed by atoms with Crippen molar-refractivity contribution in [3.63, 3.8) is 0 Å². The van der Waals surface area contributed by atoms with Gasteiger partial charge in [-0.1, -0.05) is 19.3 Å². The summed E-state index contributed by atoms with van der Waals surface area (Å²) < 4.78 is 12.6. The molecule has 0 aliphatic heterocycles. The molecule has 1 aromatic rings. The first-order chi connectivity index (χ1) is 6.84. The van der Waals surface area contributed by atoms with Crippen LogP contribution in [0.5, 0.6) is 0 Å². The average molecular weight is 194 g/mol. The first-order valence-electron chi connectivity index (χ1n) is 5.23. The molecule has 0 bridgehead atoms. The lowest BCUT2D eigenvalue weighted by molar-refractivity contribution is 0.461. The molecule has 1 fully saturated rings.